The van der Waals surface area contributed by atoms with Crippen LogP contribution in [0.2, 0.25) is 0 Å². The first-order chi connectivity index (χ1) is 5.79. The van der Waals surface area contributed by atoms with Gasteiger partial charge in [-0.15, -0.1) is 0 Å². The van der Waals surface area contributed by atoms with Crippen molar-refractivity contribution in [3.05, 3.63) is 0 Å². The Morgan fingerprint density at radius 3 is 2.92 bits per heavy atom. The highest BCUT2D eigenvalue weighted by Gasteiger charge is 2.37. The molecule has 3 heteroatoms. The predicted octanol–water partition coefficient (Wildman–Crippen LogP) is 0.494. The molecule has 2 fully saturated rings. The number of nitrogens with zero attached hydrogens (tertiary/aromatic N) is 1. The second-order valence-electron chi connectivity index (χ2n) is 3.85. The Balaban J connectivity index is 2.03. The van der Waals surface area contributed by atoms with E-state index in [0.717, 1.165) is 26.4 Å². The van der Waals surface area contributed by atoms with Crippen LogP contribution in [0.15, 0.2) is 0 Å². The minimum atomic E-state index is 0.334. The first-order valence-corrected chi connectivity index (χ1v) is 4.74. The Labute approximate surface area is 73.6 Å². The maximum atomic E-state index is 5.62. The van der Waals surface area contributed by atoms with Crippen LogP contribution in [0.4, 0.5) is 0 Å². The molecule has 0 aliphatic carbocycles. The quantitative estimate of drug-likeness (QED) is 0.573. The monoisotopic (exact) mass is 171 g/mol. The van der Waals surface area contributed by atoms with Gasteiger partial charge in [0.1, 0.15) is 0 Å². The van der Waals surface area contributed by atoms with Gasteiger partial charge < -0.3 is 9.47 Å². The SMILES string of the molecule is CC(C)N1CCO[C@H]2COC[C@@H]21. The van der Waals surface area contributed by atoms with Crippen LogP contribution in [-0.4, -0.2) is 49.5 Å². The number of rotatable bonds is 1. The minimum absolute atomic E-state index is 0.334. The van der Waals surface area contributed by atoms with Crippen LogP contribution in [0.5, 0.6) is 0 Å². The van der Waals surface area contributed by atoms with Crippen molar-refractivity contribution in [3.8, 4) is 0 Å². The van der Waals surface area contributed by atoms with Crippen molar-refractivity contribution < 1.29 is 9.47 Å². The Kier molecular flexibility index (Phi) is 2.35. The van der Waals surface area contributed by atoms with Crippen molar-refractivity contribution in [3.63, 3.8) is 0 Å². The lowest BCUT2D eigenvalue weighted by Crippen LogP contribution is -2.53. The Morgan fingerprint density at radius 1 is 1.33 bits per heavy atom. The van der Waals surface area contributed by atoms with E-state index >= 15 is 0 Å². The summed E-state index contributed by atoms with van der Waals surface area (Å²) in [7, 11) is 0. The molecule has 0 aromatic heterocycles. The molecule has 2 aliphatic rings. The average Bonchev–Trinajstić information content (AvgIpc) is 2.49. The highest BCUT2D eigenvalue weighted by Crippen LogP contribution is 2.22. The molecule has 2 atom stereocenters. The lowest BCUT2D eigenvalue weighted by Gasteiger charge is -2.38. The van der Waals surface area contributed by atoms with E-state index in [2.05, 4.69) is 18.7 Å². The summed E-state index contributed by atoms with van der Waals surface area (Å²) in [5.74, 6) is 0. The molecule has 70 valence electrons. The molecule has 0 amide bonds. The first kappa shape index (κ1) is 8.48. The number of hydrogen-bond donors (Lipinski definition) is 0. The number of fused-ring (bicyclic) bond motifs is 1. The molecule has 0 aromatic carbocycles. The van der Waals surface area contributed by atoms with Crippen LogP contribution in [0.1, 0.15) is 13.8 Å². The molecule has 0 unspecified atom stereocenters. The standard InChI is InChI=1S/C9H17NO2/c1-7(2)10-3-4-12-9-6-11-5-8(9)10/h7-9H,3-6H2,1-2H3/t8-,9-/m0/s1. The second-order valence-corrected chi connectivity index (χ2v) is 3.85. The summed E-state index contributed by atoms with van der Waals surface area (Å²) in [4.78, 5) is 2.49. The van der Waals surface area contributed by atoms with Gasteiger partial charge in [-0.3, -0.25) is 4.90 Å². The van der Waals surface area contributed by atoms with Gasteiger partial charge in [0.05, 0.1) is 32.0 Å². The molecule has 0 aromatic rings. The topological polar surface area (TPSA) is 21.7 Å². The fraction of sp³-hybridized carbons (Fsp3) is 1.00. The van der Waals surface area contributed by atoms with E-state index in [9.17, 15) is 0 Å². The van der Waals surface area contributed by atoms with E-state index in [1.54, 1.807) is 0 Å². The fourth-order valence-electron chi connectivity index (χ4n) is 2.11. The summed E-state index contributed by atoms with van der Waals surface area (Å²) < 4.78 is 11.0. The van der Waals surface area contributed by atoms with Crippen molar-refractivity contribution >= 4 is 0 Å². The molecule has 12 heavy (non-hydrogen) atoms. The Bertz CT molecular complexity index is 161. The van der Waals surface area contributed by atoms with Crippen LogP contribution in [0.3, 0.4) is 0 Å². The molecule has 0 N–H and O–H groups in total. The zero-order valence-electron chi connectivity index (χ0n) is 7.82. The lowest BCUT2D eigenvalue weighted by molar-refractivity contribution is -0.0588. The largest absolute Gasteiger partial charge is 0.377 e. The summed E-state index contributed by atoms with van der Waals surface area (Å²) in [5, 5.41) is 0. The zero-order valence-corrected chi connectivity index (χ0v) is 7.82. The van der Waals surface area contributed by atoms with Gasteiger partial charge >= 0.3 is 0 Å². The molecule has 2 heterocycles. The van der Waals surface area contributed by atoms with Crippen LogP contribution in [-0.2, 0) is 9.47 Å². The van der Waals surface area contributed by atoms with Gasteiger partial charge in [-0.1, -0.05) is 0 Å². The van der Waals surface area contributed by atoms with Crippen LogP contribution in [0, 0.1) is 0 Å². The molecule has 0 saturated carbocycles. The van der Waals surface area contributed by atoms with Crippen molar-refractivity contribution in [2.45, 2.75) is 32.0 Å². The van der Waals surface area contributed by atoms with Gasteiger partial charge in [-0.2, -0.15) is 0 Å². The Hall–Kier alpha value is -0.120. The molecule has 0 spiro atoms. The van der Waals surface area contributed by atoms with E-state index in [-0.39, 0.29) is 0 Å². The van der Waals surface area contributed by atoms with E-state index in [0.29, 0.717) is 18.2 Å². The maximum absolute atomic E-state index is 5.62. The van der Waals surface area contributed by atoms with E-state index < -0.39 is 0 Å². The molecule has 0 radical (unpaired) electrons. The van der Waals surface area contributed by atoms with E-state index in [1.165, 1.54) is 0 Å². The fourth-order valence-corrected chi connectivity index (χ4v) is 2.11. The van der Waals surface area contributed by atoms with Gasteiger partial charge in [0.15, 0.2) is 0 Å². The van der Waals surface area contributed by atoms with Gasteiger partial charge in [0.25, 0.3) is 0 Å². The third-order valence-electron chi connectivity index (χ3n) is 2.77. The Morgan fingerprint density at radius 2 is 2.17 bits per heavy atom. The summed E-state index contributed by atoms with van der Waals surface area (Å²) in [5.41, 5.74) is 0. The third-order valence-corrected chi connectivity index (χ3v) is 2.77. The zero-order chi connectivity index (χ0) is 8.55. The van der Waals surface area contributed by atoms with Gasteiger partial charge in [0, 0.05) is 12.6 Å². The summed E-state index contributed by atoms with van der Waals surface area (Å²) in [6, 6.07) is 1.13. The van der Waals surface area contributed by atoms with E-state index in [4.69, 9.17) is 9.47 Å². The maximum Gasteiger partial charge on any atom is 0.0986 e. The highest BCUT2D eigenvalue weighted by atomic mass is 16.6. The van der Waals surface area contributed by atoms with E-state index in [1.807, 2.05) is 0 Å². The highest BCUT2D eigenvalue weighted by molar-refractivity contribution is 4.89. The number of morpholine rings is 1. The normalized spacial score (nSPS) is 37.2. The van der Waals surface area contributed by atoms with Crippen molar-refractivity contribution in [1.29, 1.82) is 0 Å². The van der Waals surface area contributed by atoms with Crippen molar-refractivity contribution in [2.75, 3.05) is 26.4 Å². The minimum Gasteiger partial charge on any atom is -0.377 e. The van der Waals surface area contributed by atoms with Gasteiger partial charge in [-0.05, 0) is 13.8 Å². The van der Waals surface area contributed by atoms with Gasteiger partial charge in [0.2, 0.25) is 0 Å². The molecular weight excluding hydrogens is 154 g/mol. The molecule has 3 nitrogen and oxygen atoms in total. The summed E-state index contributed by atoms with van der Waals surface area (Å²) in [6.07, 6.45) is 0.334. The number of hydrogen-bond acceptors (Lipinski definition) is 3. The molecule has 2 rings (SSSR count). The smallest absolute Gasteiger partial charge is 0.0986 e. The second kappa shape index (κ2) is 3.32. The lowest BCUT2D eigenvalue weighted by atomic mass is 10.1. The van der Waals surface area contributed by atoms with Crippen LogP contribution < -0.4 is 0 Å². The summed E-state index contributed by atoms with van der Waals surface area (Å²) in [6.45, 7) is 8.03. The molecular formula is C9H17NO2. The van der Waals surface area contributed by atoms with Crippen LogP contribution >= 0.6 is 0 Å². The number of ether oxygens (including phenoxy) is 2. The summed E-state index contributed by atoms with van der Waals surface area (Å²) >= 11 is 0. The third kappa shape index (κ3) is 1.37. The first-order valence-electron chi connectivity index (χ1n) is 4.74. The molecule has 2 saturated heterocycles. The molecule has 0 bridgehead atoms. The van der Waals surface area contributed by atoms with Gasteiger partial charge in [-0.25, -0.2) is 0 Å². The molecule has 2 aliphatic heterocycles. The van der Waals surface area contributed by atoms with Crippen molar-refractivity contribution in [2.24, 2.45) is 0 Å². The van der Waals surface area contributed by atoms with Crippen LogP contribution in [0.25, 0.3) is 0 Å². The van der Waals surface area contributed by atoms with Crippen molar-refractivity contribution in [1.82, 2.24) is 4.90 Å². The predicted molar refractivity (Wildman–Crippen MR) is 46.2 cm³/mol. The average molecular weight is 171 g/mol.